The van der Waals surface area contributed by atoms with Gasteiger partial charge in [-0.3, -0.25) is 14.4 Å². The van der Waals surface area contributed by atoms with Gasteiger partial charge in [0.2, 0.25) is 0 Å². The van der Waals surface area contributed by atoms with Gasteiger partial charge in [-0.2, -0.15) is 0 Å². The van der Waals surface area contributed by atoms with Gasteiger partial charge in [0.1, 0.15) is 13.2 Å². The van der Waals surface area contributed by atoms with E-state index in [2.05, 4.69) is 142 Å². The Kier molecular flexibility index (Phi) is 62.8. The third-order valence-corrected chi connectivity index (χ3v) is 14.0. The summed E-state index contributed by atoms with van der Waals surface area (Å²) in [7, 11) is 0. The normalized spacial score (nSPS) is 12.9. The molecule has 0 N–H and O–H groups in total. The maximum Gasteiger partial charge on any atom is 0.306 e. The molecule has 0 saturated heterocycles. The van der Waals surface area contributed by atoms with Crippen LogP contribution in [-0.2, 0) is 28.6 Å². The molecule has 0 rings (SSSR count). The van der Waals surface area contributed by atoms with Crippen molar-refractivity contribution in [1.29, 1.82) is 0 Å². The predicted molar refractivity (Wildman–Crippen MR) is 343 cm³/mol. The number of ether oxygens (including phenoxy) is 3. The van der Waals surface area contributed by atoms with Crippen LogP contribution in [0.4, 0.5) is 0 Å². The van der Waals surface area contributed by atoms with Gasteiger partial charge in [0.05, 0.1) is 0 Å². The van der Waals surface area contributed by atoms with E-state index in [1.54, 1.807) is 0 Å². The van der Waals surface area contributed by atoms with E-state index in [0.717, 1.165) is 135 Å². The highest BCUT2D eigenvalue weighted by Crippen LogP contribution is 2.16. The fourth-order valence-electron chi connectivity index (χ4n) is 9.02. The first kappa shape index (κ1) is 74.8. The average molecular weight is 1100 g/mol. The Morgan fingerprint density at radius 2 is 0.494 bits per heavy atom. The molecule has 0 radical (unpaired) electrons. The van der Waals surface area contributed by atoms with Gasteiger partial charge in [0.15, 0.2) is 6.10 Å². The lowest BCUT2D eigenvalue weighted by Crippen LogP contribution is -2.30. The molecule has 0 spiro atoms. The van der Waals surface area contributed by atoms with E-state index in [1.807, 2.05) is 0 Å². The maximum atomic E-state index is 12.9. The highest BCUT2D eigenvalue weighted by atomic mass is 16.6. The second kappa shape index (κ2) is 66.3. The van der Waals surface area contributed by atoms with Crippen molar-refractivity contribution in [2.45, 2.75) is 309 Å². The molecule has 0 aliphatic heterocycles. The van der Waals surface area contributed by atoms with Crippen molar-refractivity contribution in [2.75, 3.05) is 13.2 Å². The first-order valence-electron chi connectivity index (χ1n) is 33.0. The molecule has 0 heterocycles. The minimum Gasteiger partial charge on any atom is -0.462 e. The fraction of sp³-hybridized carbons (Fsp3) is 0.685. The number of hydrogen-bond donors (Lipinski definition) is 0. The molecular formula is C73H122O6. The smallest absolute Gasteiger partial charge is 0.306 e. The van der Waals surface area contributed by atoms with E-state index < -0.39 is 6.10 Å². The van der Waals surface area contributed by atoms with Crippen LogP contribution >= 0.6 is 0 Å². The molecule has 0 amide bonds. The lowest BCUT2D eigenvalue weighted by molar-refractivity contribution is -0.167. The average Bonchev–Trinajstić information content (AvgIpc) is 3.45. The van der Waals surface area contributed by atoms with Crippen LogP contribution in [0.3, 0.4) is 0 Å². The van der Waals surface area contributed by atoms with E-state index in [0.29, 0.717) is 19.3 Å². The van der Waals surface area contributed by atoms with E-state index in [9.17, 15) is 14.4 Å². The monoisotopic (exact) mass is 1090 g/mol. The molecule has 0 bridgehead atoms. The molecule has 0 aromatic rings. The van der Waals surface area contributed by atoms with Gasteiger partial charge in [0.25, 0.3) is 0 Å². The number of carbonyl (C=O) groups is 3. The molecule has 6 heteroatoms. The first-order chi connectivity index (χ1) is 39.0. The molecule has 450 valence electrons. The van der Waals surface area contributed by atoms with Crippen molar-refractivity contribution in [3.63, 3.8) is 0 Å². The van der Waals surface area contributed by atoms with Crippen LogP contribution in [0.2, 0.25) is 0 Å². The number of rotatable bonds is 59. The molecule has 1 unspecified atom stereocenters. The number of unbranched alkanes of at least 4 members (excludes halogenated alkanes) is 28. The van der Waals surface area contributed by atoms with Crippen LogP contribution in [-0.4, -0.2) is 37.2 Å². The lowest BCUT2D eigenvalue weighted by Gasteiger charge is -2.18. The maximum absolute atomic E-state index is 12.9. The summed E-state index contributed by atoms with van der Waals surface area (Å²) < 4.78 is 16.9. The van der Waals surface area contributed by atoms with E-state index in [4.69, 9.17) is 14.2 Å². The van der Waals surface area contributed by atoms with Crippen molar-refractivity contribution in [1.82, 2.24) is 0 Å². The van der Waals surface area contributed by atoms with E-state index in [-0.39, 0.29) is 31.1 Å². The topological polar surface area (TPSA) is 78.9 Å². The highest BCUT2D eigenvalue weighted by Gasteiger charge is 2.19. The van der Waals surface area contributed by atoms with Crippen LogP contribution in [0.5, 0.6) is 0 Å². The summed E-state index contributed by atoms with van der Waals surface area (Å²) >= 11 is 0. The Hall–Kier alpha value is -4.19. The summed E-state index contributed by atoms with van der Waals surface area (Å²) in [5.74, 6) is -0.933. The molecule has 0 aromatic carbocycles. The molecule has 1 atom stereocenters. The van der Waals surface area contributed by atoms with E-state index >= 15 is 0 Å². The van der Waals surface area contributed by atoms with Crippen LogP contribution in [0.25, 0.3) is 0 Å². The Morgan fingerprint density at radius 3 is 0.785 bits per heavy atom. The number of carbonyl (C=O) groups excluding carboxylic acids is 3. The van der Waals surface area contributed by atoms with Crippen LogP contribution in [0, 0.1) is 0 Å². The Morgan fingerprint density at radius 1 is 0.266 bits per heavy atom. The van der Waals surface area contributed by atoms with Crippen LogP contribution < -0.4 is 0 Å². The highest BCUT2D eigenvalue weighted by molar-refractivity contribution is 5.71. The van der Waals surface area contributed by atoms with Crippen molar-refractivity contribution in [3.8, 4) is 0 Å². The SMILES string of the molecule is CC/C=C\C/C=C\C/C=C\C/C=C\C/C=C\C/C=C\C/C=C\CCCCCC(=O)OCC(COC(=O)CCCCCCCCCCCCCCCCC)OC(=O)CCCCCCCC/C=C\C/C=C\C/C=C\CCCCCCC. The van der Waals surface area contributed by atoms with Gasteiger partial charge in [-0.15, -0.1) is 0 Å². The minimum atomic E-state index is -0.803. The summed E-state index contributed by atoms with van der Waals surface area (Å²) in [4.78, 5) is 38.4. The third kappa shape index (κ3) is 64.5. The zero-order valence-electron chi connectivity index (χ0n) is 51.6. The van der Waals surface area contributed by atoms with Crippen molar-refractivity contribution in [3.05, 3.63) is 122 Å². The van der Waals surface area contributed by atoms with Crippen molar-refractivity contribution in [2.24, 2.45) is 0 Å². The van der Waals surface area contributed by atoms with Crippen LogP contribution in [0.15, 0.2) is 122 Å². The van der Waals surface area contributed by atoms with Crippen LogP contribution in [0.1, 0.15) is 303 Å². The number of hydrogen-bond acceptors (Lipinski definition) is 6. The summed E-state index contributed by atoms with van der Waals surface area (Å²) in [5, 5.41) is 0. The quantitative estimate of drug-likeness (QED) is 0.0261. The van der Waals surface area contributed by atoms with Crippen molar-refractivity contribution >= 4 is 17.9 Å². The van der Waals surface area contributed by atoms with Gasteiger partial charge in [0, 0.05) is 19.3 Å². The van der Waals surface area contributed by atoms with Gasteiger partial charge >= 0.3 is 17.9 Å². The summed E-state index contributed by atoms with van der Waals surface area (Å²) in [6.45, 7) is 6.50. The Bertz CT molecular complexity index is 1640. The second-order valence-corrected chi connectivity index (χ2v) is 21.6. The molecular weight excluding hydrogens is 973 g/mol. The first-order valence-corrected chi connectivity index (χ1v) is 33.0. The number of allylic oxidation sites excluding steroid dienone is 20. The van der Waals surface area contributed by atoms with Gasteiger partial charge in [-0.25, -0.2) is 0 Å². The standard InChI is InChI=1S/C73H122O6/c1-4-7-10-13-16-19-22-25-28-30-32-34-35-36-37-39-40-42-45-48-51-54-57-60-63-66-72(75)78-69-70(68-77-71(74)65-62-59-56-53-50-47-44-27-24-21-18-15-12-9-6-3)79-73(76)67-64-61-58-55-52-49-46-43-41-38-33-31-29-26-23-20-17-14-11-8-5-2/h7,10,16,19,23,25-26,28,31-34,36-37,40-43,48,51,70H,4-6,8-9,11-15,17-18,20-22,24,27,29-30,35,38-39,44-47,49-50,52-69H2,1-3H3/b10-7-,19-16-,26-23-,28-25-,33-31-,34-32-,37-36-,42-40-,43-41-,51-48-. The summed E-state index contributed by atoms with van der Waals surface area (Å²) in [6.07, 6.45) is 92.0. The Labute approximate surface area is 488 Å². The van der Waals surface area contributed by atoms with E-state index in [1.165, 1.54) is 128 Å². The fourth-order valence-corrected chi connectivity index (χ4v) is 9.02. The molecule has 0 aliphatic carbocycles. The molecule has 0 aliphatic rings. The molecule has 6 nitrogen and oxygen atoms in total. The molecule has 79 heavy (non-hydrogen) atoms. The largest absolute Gasteiger partial charge is 0.462 e. The molecule has 0 aromatic heterocycles. The zero-order valence-corrected chi connectivity index (χ0v) is 51.6. The molecule has 0 fully saturated rings. The predicted octanol–water partition coefficient (Wildman–Crippen LogP) is 22.8. The zero-order chi connectivity index (χ0) is 57.1. The van der Waals surface area contributed by atoms with Gasteiger partial charge < -0.3 is 14.2 Å². The number of esters is 3. The summed E-state index contributed by atoms with van der Waals surface area (Å²) in [5.41, 5.74) is 0. The van der Waals surface area contributed by atoms with Gasteiger partial charge in [-0.1, -0.05) is 290 Å². The second-order valence-electron chi connectivity index (χ2n) is 21.6. The third-order valence-electron chi connectivity index (χ3n) is 14.0. The summed E-state index contributed by atoms with van der Waals surface area (Å²) in [6, 6.07) is 0. The Balaban J connectivity index is 4.47. The minimum absolute atomic E-state index is 0.0944. The van der Waals surface area contributed by atoms with Crippen molar-refractivity contribution < 1.29 is 28.6 Å². The molecule has 0 saturated carbocycles. The van der Waals surface area contributed by atoms with Gasteiger partial charge in [-0.05, 0) is 116 Å². The lowest BCUT2D eigenvalue weighted by atomic mass is 10.0.